The summed E-state index contributed by atoms with van der Waals surface area (Å²) in [7, 11) is 0. The van der Waals surface area contributed by atoms with E-state index in [-0.39, 0.29) is 11.7 Å². The molecule has 108 valence electrons. The number of carbonyl (C=O) groups is 1. The Balaban J connectivity index is 1.89. The molecule has 3 aromatic heterocycles. The monoisotopic (exact) mass is 319 g/mol. The number of nitrogens with two attached hydrogens (primary N) is 1. The predicted molar refractivity (Wildman–Crippen MR) is 82.7 cm³/mol. The van der Waals surface area contributed by atoms with Crippen LogP contribution in [-0.2, 0) is 17.6 Å². The molecule has 1 amide bonds. The fraction of sp³-hybridized carbons (Fsp3) is 0.385. The first-order valence-electron chi connectivity index (χ1n) is 6.79. The minimum atomic E-state index is -0.362. The third kappa shape index (κ3) is 2.09. The molecule has 0 saturated heterocycles. The van der Waals surface area contributed by atoms with Crippen LogP contribution in [0, 0.1) is 0 Å². The van der Waals surface area contributed by atoms with Crippen LogP contribution in [0.15, 0.2) is 11.5 Å². The molecule has 0 bridgehead atoms. The summed E-state index contributed by atoms with van der Waals surface area (Å²) in [5.74, 6) is -0.167. The number of primary amides is 1. The lowest BCUT2D eigenvalue weighted by Gasteiger charge is -2.10. The van der Waals surface area contributed by atoms with Gasteiger partial charge in [0.2, 0.25) is 5.91 Å². The van der Waals surface area contributed by atoms with Crippen molar-refractivity contribution in [2.45, 2.75) is 30.8 Å². The van der Waals surface area contributed by atoms with Gasteiger partial charge in [-0.05, 0) is 31.2 Å². The molecule has 0 spiro atoms. The molecule has 0 aliphatic heterocycles. The summed E-state index contributed by atoms with van der Waals surface area (Å²) in [6.45, 7) is 0. The first-order chi connectivity index (χ1) is 10.2. The zero-order valence-electron chi connectivity index (χ0n) is 11.2. The van der Waals surface area contributed by atoms with E-state index in [1.54, 1.807) is 17.7 Å². The Morgan fingerprint density at radius 2 is 2.24 bits per heavy atom. The van der Waals surface area contributed by atoms with Crippen LogP contribution < -0.4 is 5.73 Å². The number of hydrogen-bond donors (Lipinski definition) is 1. The van der Waals surface area contributed by atoms with Crippen LogP contribution in [-0.4, -0.2) is 31.2 Å². The van der Waals surface area contributed by atoms with E-state index in [9.17, 15) is 4.79 Å². The molecule has 1 aliphatic rings. The highest BCUT2D eigenvalue weighted by Gasteiger charge is 2.21. The third-order valence-corrected chi connectivity index (χ3v) is 5.84. The number of rotatable bonds is 3. The molecule has 1 aliphatic carbocycles. The van der Waals surface area contributed by atoms with E-state index in [1.807, 2.05) is 4.40 Å². The maximum atomic E-state index is 10.9. The highest BCUT2D eigenvalue weighted by molar-refractivity contribution is 7.99. The van der Waals surface area contributed by atoms with Gasteiger partial charge in [0.25, 0.3) is 0 Å². The van der Waals surface area contributed by atoms with Crippen molar-refractivity contribution in [2.75, 3.05) is 5.75 Å². The number of amides is 1. The lowest BCUT2D eigenvalue weighted by molar-refractivity contribution is -0.115. The second kappa shape index (κ2) is 4.96. The van der Waals surface area contributed by atoms with Crippen LogP contribution >= 0.6 is 23.1 Å². The van der Waals surface area contributed by atoms with E-state index in [2.05, 4.69) is 15.2 Å². The number of fused-ring (bicyclic) bond motifs is 5. The first kappa shape index (κ1) is 13.0. The molecule has 0 atom stereocenters. The second-order valence-corrected chi connectivity index (χ2v) is 7.09. The molecule has 21 heavy (non-hydrogen) atoms. The number of aryl methyl sites for hydroxylation is 2. The Morgan fingerprint density at radius 3 is 3.10 bits per heavy atom. The van der Waals surface area contributed by atoms with Gasteiger partial charge in [-0.25, -0.2) is 4.98 Å². The molecule has 3 heterocycles. The third-order valence-electron chi connectivity index (χ3n) is 3.67. The van der Waals surface area contributed by atoms with E-state index in [0.717, 1.165) is 28.7 Å². The zero-order chi connectivity index (χ0) is 14.4. The molecule has 4 rings (SSSR count). The number of aromatic nitrogens is 4. The molecule has 6 nitrogen and oxygen atoms in total. The zero-order valence-corrected chi connectivity index (χ0v) is 12.8. The van der Waals surface area contributed by atoms with E-state index >= 15 is 0 Å². The van der Waals surface area contributed by atoms with Gasteiger partial charge in [0, 0.05) is 4.88 Å². The van der Waals surface area contributed by atoms with Gasteiger partial charge >= 0.3 is 0 Å². The molecule has 0 radical (unpaired) electrons. The Morgan fingerprint density at radius 1 is 1.38 bits per heavy atom. The summed E-state index contributed by atoms with van der Waals surface area (Å²) in [4.78, 5) is 17.9. The molecule has 0 unspecified atom stereocenters. The van der Waals surface area contributed by atoms with Crippen LogP contribution in [0.25, 0.3) is 15.9 Å². The fourth-order valence-corrected chi connectivity index (χ4v) is 4.64. The van der Waals surface area contributed by atoms with E-state index in [4.69, 9.17) is 5.73 Å². The Labute approximate surface area is 128 Å². The standard InChI is InChI=1S/C13H13N5OS2/c14-9(19)5-20-13-17-16-11-10-7-3-1-2-4-8(7)21-12(10)15-6-18(11)13/h6H,1-5H2,(H2,14,19). The number of thiophene rings is 1. The number of carbonyl (C=O) groups excluding carboxylic acids is 1. The highest BCUT2D eigenvalue weighted by atomic mass is 32.2. The molecule has 2 N–H and O–H groups in total. The molecule has 0 fully saturated rings. The van der Waals surface area contributed by atoms with Crippen molar-refractivity contribution in [3.8, 4) is 0 Å². The van der Waals surface area contributed by atoms with Gasteiger partial charge in [-0.3, -0.25) is 9.20 Å². The van der Waals surface area contributed by atoms with Crippen LogP contribution in [0.5, 0.6) is 0 Å². The smallest absolute Gasteiger partial charge is 0.227 e. The minimum absolute atomic E-state index is 0.195. The second-order valence-electron chi connectivity index (χ2n) is 5.07. The first-order valence-corrected chi connectivity index (χ1v) is 8.59. The lowest BCUT2D eigenvalue weighted by atomic mass is 9.97. The highest BCUT2D eigenvalue weighted by Crippen LogP contribution is 2.37. The van der Waals surface area contributed by atoms with E-state index in [0.29, 0.717) is 5.16 Å². The van der Waals surface area contributed by atoms with Gasteiger partial charge in [-0.15, -0.1) is 21.5 Å². The average molecular weight is 319 g/mol. The summed E-state index contributed by atoms with van der Waals surface area (Å²) in [6.07, 6.45) is 6.44. The number of thioether (sulfide) groups is 1. The summed E-state index contributed by atoms with van der Waals surface area (Å²) in [5, 5.41) is 10.3. The van der Waals surface area contributed by atoms with Crippen LogP contribution in [0.4, 0.5) is 0 Å². The van der Waals surface area contributed by atoms with Crippen molar-refractivity contribution in [3.63, 3.8) is 0 Å². The fourth-order valence-electron chi connectivity index (χ4n) is 2.77. The molecular weight excluding hydrogens is 306 g/mol. The van der Waals surface area contributed by atoms with Crippen molar-refractivity contribution >= 4 is 44.9 Å². The molecule has 3 aromatic rings. The van der Waals surface area contributed by atoms with Gasteiger partial charge in [0.15, 0.2) is 10.8 Å². The molecular formula is C13H13N5OS2. The topological polar surface area (TPSA) is 86.2 Å². The molecule has 8 heteroatoms. The van der Waals surface area contributed by atoms with Crippen LogP contribution in [0.2, 0.25) is 0 Å². The summed E-state index contributed by atoms with van der Waals surface area (Å²) in [6, 6.07) is 0. The van der Waals surface area contributed by atoms with Gasteiger partial charge in [0.05, 0.1) is 11.1 Å². The van der Waals surface area contributed by atoms with Crippen molar-refractivity contribution in [1.82, 2.24) is 19.6 Å². The maximum absolute atomic E-state index is 10.9. The molecule has 0 aromatic carbocycles. The average Bonchev–Trinajstić information content (AvgIpc) is 3.05. The van der Waals surface area contributed by atoms with Crippen molar-refractivity contribution in [1.29, 1.82) is 0 Å². The quantitative estimate of drug-likeness (QED) is 0.744. The normalized spacial score (nSPS) is 14.7. The number of nitrogens with zero attached hydrogens (tertiary/aromatic N) is 4. The van der Waals surface area contributed by atoms with Crippen LogP contribution in [0.1, 0.15) is 23.3 Å². The summed E-state index contributed by atoms with van der Waals surface area (Å²) in [5.41, 5.74) is 7.41. The lowest BCUT2D eigenvalue weighted by Crippen LogP contribution is -2.13. The SMILES string of the molecule is NC(=O)CSc1nnc2c3c4c(sc3ncn12)CCCC4. The predicted octanol–water partition coefficient (Wildman–Crippen LogP) is 1.80. The minimum Gasteiger partial charge on any atom is -0.369 e. The van der Waals surface area contributed by atoms with Crippen molar-refractivity contribution < 1.29 is 4.79 Å². The van der Waals surface area contributed by atoms with Gasteiger partial charge < -0.3 is 5.73 Å². The Kier molecular flexibility index (Phi) is 3.07. The van der Waals surface area contributed by atoms with Gasteiger partial charge in [0.1, 0.15) is 11.2 Å². The largest absolute Gasteiger partial charge is 0.369 e. The van der Waals surface area contributed by atoms with Crippen molar-refractivity contribution in [2.24, 2.45) is 5.73 Å². The molecule has 0 saturated carbocycles. The van der Waals surface area contributed by atoms with Gasteiger partial charge in [-0.1, -0.05) is 11.8 Å². The maximum Gasteiger partial charge on any atom is 0.227 e. The number of hydrogen-bond acceptors (Lipinski definition) is 6. The van der Waals surface area contributed by atoms with Crippen LogP contribution in [0.3, 0.4) is 0 Å². The van der Waals surface area contributed by atoms with E-state index in [1.165, 1.54) is 35.0 Å². The summed E-state index contributed by atoms with van der Waals surface area (Å²) < 4.78 is 1.86. The van der Waals surface area contributed by atoms with Crippen molar-refractivity contribution in [3.05, 3.63) is 16.8 Å². The van der Waals surface area contributed by atoms with E-state index < -0.39 is 0 Å². The Hall–Kier alpha value is -1.67. The Bertz CT molecular complexity index is 853. The summed E-state index contributed by atoms with van der Waals surface area (Å²) >= 11 is 3.06. The van der Waals surface area contributed by atoms with Gasteiger partial charge in [-0.2, -0.15) is 0 Å².